The van der Waals surface area contributed by atoms with Crippen LogP contribution in [0.2, 0.25) is 0 Å². The molecule has 5 rings (SSSR count). The van der Waals surface area contributed by atoms with Gasteiger partial charge >= 0.3 is 0 Å². The average molecular weight is 511 g/mol. The van der Waals surface area contributed by atoms with Crippen molar-refractivity contribution in [1.82, 2.24) is 14.2 Å². The van der Waals surface area contributed by atoms with E-state index in [2.05, 4.69) is 30.2 Å². The summed E-state index contributed by atoms with van der Waals surface area (Å²) in [5, 5.41) is 23.2. The Morgan fingerprint density at radius 2 is 1.84 bits per heavy atom. The number of aliphatic hydroxyl groups excluding tert-OH is 1. The van der Waals surface area contributed by atoms with Crippen molar-refractivity contribution >= 4 is 5.65 Å². The highest BCUT2D eigenvalue weighted by Crippen LogP contribution is 2.31. The Labute approximate surface area is 222 Å². The standard InChI is InChI=1S/C31H34N4O3/c1-2-5-29-28(20-22-8-10-23(11-9-22)27-7-4-3-6-24(27)21-32)31(37)34(30-16-17-33-35(29)30)25-12-14-26(15-13-25)38-19-18-36/h3-4,6-11,16-17,25-26,36H,2,5,12-15,18-20H2,1H3. The smallest absolute Gasteiger partial charge is 0.257 e. The fraction of sp³-hybridized carbons (Fsp3) is 0.387. The van der Waals surface area contributed by atoms with Crippen LogP contribution < -0.4 is 5.56 Å². The molecule has 2 aromatic heterocycles. The lowest BCUT2D eigenvalue weighted by Crippen LogP contribution is -2.35. The molecule has 2 heterocycles. The van der Waals surface area contributed by atoms with Crippen molar-refractivity contribution in [3.05, 3.63) is 93.5 Å². The van der Waals surface area contributed by atoms with Crippen LogP contribution in [0.15, 0.2) is 65.6 Å². The molecule has 1 aliphatic rings. The second-order valence-electron chi connectivity index (χ2n) is 10.0. The SMILES string of the molecule is CCCc1c(Cc2ccc(-c3ccccc3C#N)cc2)c(=O)n(C2CCC(OCCO)CC2)c2ccnn12. The van der Waals surface area contributed by atoms with Gasteiger partial charge in [-0.1, -0.05) is 55.8 Å². The summed E-state index contributed by atoms with van der Waals surface area (Å²) in [5.74, 6) is 0. The van der Waals surface area contributed by atoms with Crippen molar-refractivity contribution in [2.45, 2.75) is 64.0 Å². The van der Waals surface area contributed by atoms with Gasteiger partial charge in [-0.05, 0) is 54.9 Å². The number of fused-ring (bicyclic) bond motifs is 1. The molecule has 0 saturated heterocycles. The predicted octanol–water partition coefficient (Wildman–Crippen LogP) is 5.07. The molecule has 196 valence electrons. The first-order chi connectivity index (χ1) is 18.6. The maximum Gasteiger partial charge on any atom is 0.257 e. The number of ether oxygens (including phenoxy) is 1. The first-order valence-corrected chi connectivity index (χ1v) is 13.6. The van der Waals surface area contributed by atoms with Gasteiger partial charge in [0, 0.05) is 24.1 Å². The molecule has 0 radical (unpaired) electrons. The van der Waals surface area contributed by atoms with Crippen molar-refractivity contribution in [2.24, 2.45) is 0 Å². The number of rotatable bonds is 9. The van der Waals surface area contributed by atoms with E-state index in [0.717, 1.165) is 72.1 Å². The van der Waals surface area contributed by atoms with Crippen molar-refractivity contribution < 1.29 is 9.84 Å². The molecule has 1 fully saturated rings. The summed E-state index contributed by atoms with van der Waals surface area (Å²) >= 11 is 0. The zero-order chi connectivity index (χ0) is 26.5. The third-order valence-electron chi connectivity index (χ3n) is 7.58. The van der Waals surface area contributed by atoms with Gasteiger partial charge in [0.05, 0.1) is 42.8 Å². The van der Waals surface area contributed by atoms with Gasteiger partial charge in [0.25, 0.3) is 5.56 Å². The number of aryl methyl sites for hydroxylation is 1. The van der Waals surface area contributed by atoms with Gasteiger partial charge in [-0.3, -0.25) is 9.36 Å². The molecule has 0 spiro atoms. The van der Waals surface area contributed by atoms with Crippen LogP contribution in [0.5, 0.6) is 0 Å². The number of hydrogen-bond acceptors (Lipinski definition) is 5. The van der Waals surface area contributed by atoms with Gasteiger partial charge < -0.3 is 9.84 Å². The molecular weight excluding hydrogens is 476 g/mol. The summed E-state index contributed by atoms with van der Waals surface area (Å²) in [6.45, 7) is 2.52. The number of nitriles is 1. The van der Waals surface area contributed by atoms with Crippen molar-refractivity contribution in [2.75, 3.05) is 13.2 Å². The molecule has 2 aromatic carbocycles. The topological polar surface area (TPSA) is 92.5 Å². The van der Waals surface area contributed by atoms with E-state index >= 15 is 0 Å². The first-order valence-electron chi connectivity index (χ1n) is 13.6. The summed E-state index contributed by atoms with van der Waals surface area (Å²) in [5.41, 5.74) is 6.29. The second kappa shape index (κ2) is 11.8. The fourth-order valence-corrected chi connectivity index (χ4v) is 5.74. The van der Waals surface area contributed by atoms with E-state index in [1.165, 1.54) is 0 Å². The van der Waals surface area contributed by atoms with E-state index < -0.39 is 0 Å². The fourth-order valence-electron chi connectivity index (χ4n) is 5.74. The van der Waals surface area contributed by atoms with Gasteiger partial charge in [-0.15, -0.1) is 0 Å². The lowest BCUT2D eigenvalue weighted by Gasteiger charge is -2.31. The predicted molar refractivity (Wildman–Crippen MR) is 147 cm³/mol. The lowest BCUT2D eigenvalue weighted by molar-refractivity contribution is 0.00161. The molecule has 1 N–H and O–H groups in total. The Hall–Kier alpha value is -3.73. The van der Waals surface area contributed by atoms with Gasteiger partial charge in [-0.25, -0.2) is 4.52 Å². The molecule has 4 aromatic rings. The van der Waals surface area contributed by atoms with Crippen molar-refractivity contribution in [1.29, 1.82) is 5.26 Å². The van der Waals surface area contributed by atoms with Crippen LogP contribution in [0.1, 0.15) is 67.5 Å². The van der Waals surface area contributed by atoms with Crippen LogP contribution in [0.3, 0.4) is 0 Å². The third-order valence-corrected chi connectivity index (χ3v) is 7.58. The number of nitrogens with zero attached hydrogens (tertiary/aromatic N) is 4. The molecule has 1 aliphatic carbocycles. The molecule has 0 aliphatic heterocycles. The first kappa shape index (κ1) is 25.9. The summed E-state index contributed by atoms with van der Waals surface area (Å²) in [6, 6.07) is 20.1. The number of aromatic nitrogens is 3. The Kier molecular flexibility index (Phi) is 8.02. The molecule has 7 heteroatoms. The summed E-state index contributed by atoms with van der Waals surface area (Å²) in [7, 11) is 0. The van der Waals surface area contributed by atoms with Gasteiger partial charge in [0.1, 0.15) is 5.65 Å². The highest BCUT2D eigenvalue weighted by Gasteiger charge is 2.27. The van der Waals surface area contributed by atoms with Crippen LogP contribution in [0.25, 0.3) is 16.8 Å². The van der Waals surface area contributed by atoms with Crippen LogP contribution in [0.4, 0.5) is 0 Å². The van der Waals surface area contributed by atoms with Gasteiger partial charge in [0.15, 0.2) is 0 Å². The molecule has 1 saturated carbocycles. The zero-order valence-electron chi connectivity index (χ0n) is 21.8. The summed E-state index contributed by atoms with van der Waals surface area (Å²) < 4.78 is 9.68. The number of benzene rings is 2. The minimum atomic E-state index is 0.0316. The summed E-state index contributed by atoms with van der Waals surface area (Å²) in [4.78, 5) is 14.1. The second-order valence-corrected chi connectivity index (χ2v) is 10.0. The third kappa shape index (κ3) is 5.15. The van der Waals surface area contributed by atoms with E-state index in [-0.39, 0.29) is 24.3 Å². The van der Waals surface area contributed by atoms with Crippen LogP contribution in [-0.4, -0.2) is 38.6 Å². The highest BCUT2D eigenvalue weighted by molar-refractivity contribution is 5.70. The molecule has 0 atom stereocenters. The molecule has 0 bridgehead atoms. The van der Waals surface area contributed by atoms with Crippen LogP contribution in [-0.2, 0) is 17.6 Å². The van der Waals surface area contributed by atoms with Crippen molar-refractivity contribution in [3.63, 3.8) is 0 Å². The minimum Gasteiger partial charge on any atom is -0.394 e. The quantitative estimate of drug-likeness (QED) is 0.339. The van der Waals surface area contributed by atoms with Gasteiger partial charge in [-0.2, -0.15) is 10.4 Å². The largest absolute Gasteiger partial charge is 0.394 e. The Balaban J connectivity index is 1.49. The zero-order valence-corrected chi connectivity index (χ0v) is 21.8. The molecule has 38 heavy (non-hydrogen) atoms. The van der Waals surface area contributed by atoms with Gasteiger partial charge in [0.2, 0.25) is 0 Å². The molecule has 0 unspecified atom stereocenters. The Bertz CT molecular complexity index is 1490. The molecule has 7 nitrogen and oxygen atoms in total. The lowest BCUT2D eigenvalue weighted by atomic mass is 9.92. The van der Waals surface area contributed by atoms with E-state index in [1.54, 1.807) is 6.20 Å². The number of hydrogen-bond donors (Lipinski definition) is 1. The minimum absolute atomic E-state index is 0.0316. The molecule has 0 amide bonds. The van der Waals surface area contributed by atoms with Crippen molar-refractivity contribution in [3.8, 4) is 17.2 Å². The van der Waals surface area contributed by atoms with E-state index in [1.807, 2.05) is 51.5 Å². The Morgan fingerprint density at radius 1 is 1.08 bits per heavy atom. The number of aliphatic hydroxyl groups is 1. The highest BCUT2D eigenvalue weighted by atomic mass is 16.5. The van der Waals surface area contributed by atoms with E-state index in [4.69, 9.17) is 9.84 Å². The Morgan fingerprint density at radius 3 is 2.55 bits per heavy atom. The average Bonchev–Trinajstić information content (AvgIpc) is 3.44. The monoisotopic (exact) mass is 510 g/mol. The maximum absolute atomic E-state index is 14.1. The van der Waals surface area contributed by atoms with Crippen LogP contribution >= 0.6 is 0 Å². The van der Waals surface area contributed by atoms with Crippen LogP contribution in [0, 0.1) is 11.3 Å². The van der Waals surface area contributed by atoms with E-state index in [0.29, 0.717) is 18.6 Å². The maximum atomic E-state index is 14.1. The van der Waals surface area contributed by atoms with E-state index in [9.17, 15) is 10.1 Å². The normalized spacial score (nSPS) is 17.5. The molecular formula is C31H34N4O3. The summed E-state index contributed by atoms with van der Waals surface area (Å²) in [6.07, 6.45) is 7.60.